The van der Waals surface area contributed by atoms with Gasteiger partial charge < -0.3 is 5.32 Å². The lowest BCUT2D eigenvalue weighted by molar-refractivity contribution is -0.111. The maximum atomic E-state index is 11.9. The summed E-state index contributed by atoms with van der Waals surface area (Å²) in [6, 6.07) is 5.98. The third-order valence-electron chi connectivity index (χ3n) is 3.06. The van der Waals surface area contributed by atoms with E-state index in [1.807, 2.05) is 39.0 Å². The molecule has 104 valence electrons. The molecule has 2 N–H and O–H groups in total. The summed E-state index contributed by atoms with van der Waals surface area (Å²) in [7, 11) is 0. The average Bonchev–Trinajstić information content (AvgIpc) is 2.70. The van der Waals surface area contributed by atoms with Crippen LogP contribution in [-0.2, 0) is 4.79 Å². The number of aryl methyl sites for hydroxylation is 2. The molecular formula is C15H16BrN3O. The van der Waals surface area contributed by atoms with Gasteiger partial charge in [0.25, 0.3) is 0 Å². The summed E-state index contributed by atoms with van der Waals surface area (Å²) >= 11 is 3.48. The molecule has 0 bridgehead atoms. The van der Waals surface area contributed by atoms with Gasteiger partial charge in [0.05, 0.1) is 0 Å². The molecule has 0 aliphatic heterocycles. The van der Waals surface area contributed by atoms with E-state index in [0.717, 1.165) is 21.3 Å². The molecule has 0 saturated heterocycles. The molecule has 1 aromatic heterocycles. The van der Waals surface area contributed by atoms with Gasteiger partial charge in [0, 0.05) is 21.8 Å². The van der Waals surface area contributed by atoms with Crippen molar-refractivity contribution in [2.24, 2.45) is 0 Å². The van der Waals surface area contributed by atoms with E-state index >= 15 is 0 Å². The number of aromatic nitrogens is 2. The van der Waals surface area contributed by atoms with E-state index in [2.05, 4.69) is 31.4 Å². The van der Waals surface area contributed by atoms with Crippen LogP contribution in [0.5, 0.6) is 0 Å². The molecule has 20 heavy (non-hydrogen) atoms. The zero-order valence-electron chi connectivity index (χ0n) is 11.6. The van der Waals surface area contributed by atoms with Gasteiger partial charge in [0.15, 0.2) is 5.82 Å². The van der Waals surface area contributed by atoms with Crippen LogP contribution < -0.4 is 5.32 Å². The largest absolute Gasteiger partial charge is 0.305 e. The predicted molar refractivity (Wildman–Crippen MR) is 84.6 cm³/mol. The zero-order chi connectivity index (χ0) is 14.7. The van der Waals surface area contributed by atoms with E-state index in [1.54, 1.807) is 6.08 Å². The molecule has 0 fully saturated rings. The third kappa shape index (κ3) is 3.36. The Bertz CT molecular complexity index is 674. The molecule has 0 radical (unpaired) electrons. The first-order valence-corrected chi connectivity index (χ1v) is 7.03. The standard InChI is InChI=1S/C15H16BrN3O/c1-9-4-5-12(13(16)8-9)6-7-14(20)17-15-10(2)11(3)18-19-15/h4-8H,1-3H3,(H2,17,18,19,20)/b7-6+. The summed E-state index contributed by atoms with van der Waals surface area (Å²) < 4.78 is 0.966. The van der Waals surface area contributed by atoms with Crippen molar-refractivity contribution in [1.29, 1.82) is 0 Å². The first kappa shape index (κ1) is 14.5. The number of anilines is 1. The highest BCUT2D eigenvalue weighted by atomic mass is 79.9. The third-order valence-corrected chi connectivity index (χ3v) is 3.75. The van der Waals surface area contributed by atoms with Crippen LogP contribution in [0.25, 0.3) is 6.08 Å². The molecule has 1 amide bonds. The molecule has 0 saturated carbocycles. The number of carbonyl (C=O) groups is 1. The van der Waals surface area contributed by atoms with E-state index in [4.69, 9.17) is 0 Å². The van der Waals surface area contributed by atoms with Gasteiger partial charge in [-0.15, -0.1) is 0 Å². The summed E-state index contributed by atoms with van der Waals surface area (Å²) in [4.78, 5) is 11.9. The average molecular weight is 334 g/mol. The summed E-state index contributed by atoms with van der Waals surface area (Å²) in [5.41, 5.74) is 4.02. The molecule has 0 spiro atoms. The van der Waals surface area contributed by atoms with Crippen LogP contribution in [-0.4, -0.2) is 16.1 Å². The number of carbonyl (C=O) groups excluding carboxylic acids is 1. The van der Waals surface area contributed by atoms with Crippen molar-refractivity contribution in [3.05, 3.63) is 51.1 Å². The van der Waals surface area contributed by atoms with Crippen molar-refractivity contribution < 1.29 is 4.79 Å². The quantitative estimate of drug-likeness (QED) is 0.840. The molecule has 2 aromatic rings. The van der Waals surface area contributed by atoms with Crippen LogP contribution in [0.3, 0.4) is 0 Å². The highest BCUT2D eigenvalue weighted by Crippen LogP contribution is 2.20. The van der Waals surface area contributed by atoms with Crippen LogP contribution in [0.2, 0.25) is 0 Å². The summed E-state index contributed by atoms with van der Waals surface area (Å²) in [6.45, 7) is 5.85. The second-order valence-electron chi connectivity index (χ2n) is 4.67. The molecule has 0 atom stereocenters. The number of halogens is 1. The van der Waals surface area contributed by atoms with E-state index in [0.29, 0.717) is 5.82 Å². The van der Waals surface area contributed by atoms with Crippen LogP contribution >= 0.6 is 15.9 Å². The van der Waals surface area contributed by atoms with Crippen molar-refractivity contribution >= 4 is 33.7 Å². The number of hydrogen-bond acceptors (Lipinski definition) is 2. The first-order valence-electron chi connectivity index (χ1n) is 6.24. The summed E-state index contributed by atoms with van der Waals surface area (Å²) in [6.07, 6.45) is 3.27. The van der Waals surface area contributed by atoms with Crippen molar-refractivity contribution in [3.8, 4) is 0 Å². The lowest BCUT2D eigenvalue weighted by atomic mass is 10.1. The van der Waals surface area contributed by atoms with Gasteiger partial charge in [-0.05, 0) is 44.0 Å². The smallest absolute Gasteiger partial charge is 0.249 e. The Hall–Kier alpha value is -1.88. The number of benzene rings is 1. The van der Waals surface area contributed by atoms with Crippen LogP contribution in [0.15, 0.2) is 28.7 Å². The number of nitrogens with one attached hydrogen (secondary N) is 2. The summed E-state index contributed by atoms with van der Waals surface area (Å²) in [5.74, 6) is 0.368. The lowest BCUT2D eigenvalue weighted by Gasteiger charge is -2.01. The summed E-state index contributed by atoms with van der Waals surface area (Å²) in [5, 5.41) is 9.62. The van der Waals surface area contributed by atoms with Crippen molar-refractivity contribution in [2.45, 2.75) is 20.8 Å². The minimum absolute atomic E-state index is 0.202. The first-order chi connectivity index (χ1) is 9.47. The molecular weight excluding hydrogens is 318 g/mol. The predicted octanol–water partition coefficient (Wildman–Crippen LogP) is 3.75. The highest BCUT2D eigenvalue weighted by molar-refractivity contribution is 9.10. The number of nitrogens with zero attached hydrogens (tertiary/aromatic N) is 1. The Morgan fingerprint density at radius 1 is 1.35 bits per heavy atom. The number of amides is 1. The minimum Gasteiger partial charge on any atom is -0.305 e. The number of aromatic amines is 1. The maximum Gasteiger partial charge on any atom is 0.249 e. The molecule has 5 heteroatoms. The fraction of sp³-hybridized carbons (Fsp3) is 0.200. The van der Waals surface area contributed by atoms with Gasteiger partial charge in [-0.1, -0.05) is 28.1 Å². The number of rotatable bonds is 3. The monoisotopic (exact) mass is 333 g/mol. The molecule has 4 nitrogen and oxygen atoms in total. The van der Waals surface area contributed by atoms with Crippen molar-refractivity contribution in [2.75, 3.05) is 5.32 Å². The molecule has 0 unspecified atom stereocenters. The Labute approximate surface area is 126 Å². The number of hydrogen-bond donors (Lipinski definition) is 2. The van der Waals surface area contributed by atoms with Gasteiger partial charge in [-0.3, -0.25) is 9.89 Å². The van der Waals surface area contributed by atoms with Gasteiger partial charge in [-0.25, -0.2) is 0 Å². The highest BCUT2D eigenvalue weighted by Gasteiger charge is 2.07. The van der Waals surface area contributed by atoms with Gasteiger partial charge in [0.1, 0.15) is 0 Å². The Morgan fingerprint density at radius 2 is 2.10 bits per heavy atom. The van der Waals surface area contributed by atoms with Gasteiger partial charge >= 0.3 is 0 Å². The normalized spacial score (nSPS) is 11.0. The zero-order valence-corrected chi connectivity index (χ0v) is 13.2. The lowest BCUT2D eigenvalue weighted by Crippen LogP contribution is -2.09. The fourth-order valence-corrected chi connectivity index (χ4v) is 2.32. The molecule has 0 aliphatic carbocycles. The Balaban J connectivity index is 2.08. The van der Waals surface area contributed by atoms with Gasteiger partial charge in [-0.2, -0.15) is 5.10 Å². The fourth-order valence-electron chi connectivity index (χ4n) is 1.70. The van der Waals surface area contributed by atoms with Crippen molar-refractivity contribution in [1.82, 2.24) is 10.2 Å². The van der Waals surface area contributed by atoms with Gasteiger partial charge in [0.2, 0.25) is 5.91 Å². The SMILES string of the molecule is Cc1ccc(/C=C/C(=O)Nc2n[nH]c(C)c2C)c(Br)c1. The molecule has 0 aliphatic rings. The van der Waals surface area contributed by atoms with Crippen LogP contribution in [0, 0.1) is 20.8 Å². The Morgan fingerprint density at radius 3 is 2.70 bits per heavy atom. The van der Waals surface area contributed by atoms with E-state index in [1.165, 1.54) is 11.6 Å². The second-order valence-corrected chi connectivity index (χ2v) is 5.52. The van der Waals surface area contributed by atoms with Crippen LogP contribution in [0.4, 0.5) is 5.82 Å². The van der Waals surface area contributed by atoms with Crippen LogP contribution in [0.1, 0.15) is 22.4 Å². The maximum absolute atomic E-state index is 11.9. The second kappa shape index (κ2) is 6.05. The Kier molecular flexibility index (Phi) is 4.39. The van der Waals surface area contributed by atoms with Crippen molar-refractivity contribution in [3.63, 3.8) is 0 Å². The topological polar surface area (TPSA) is 57.8 Å². The molecule has 2 rings (SSSR count). The van der Waals surface area contributed by atoms with E-state index in [9.17, 15) is 4.79 Å². The van der Waals surface area contributed by atoms with E-state index < -0.39 is 0 Å². The molecule has 1 heterocycles. The minimum atomic E-state index is -0.202. The number of H-pyrrole nitrogens is 1. The van der Waals surface area contributed by atoms with E-state index in [-0.39, 0.29) is 5.91 Å². The molecule has 1 aromatic carbocycles.